The maximum atomic E-state index is 3.80. The van der Waals surface area contributed by atoms with Crippen LogP contribution in [0.1, 0.15) is 30.5 Å². The Morgan fingerprint density at radius 1 is 1.21 bits per heavy atom. The lowest BCUT2D eigenvalue weighted by Gasteiger charge is -2.14. The van der Waals surface area contributed by atoms with Crippen molar-refractivity contribution in [3.63, 3.8) is 0 Å². The summed E-state index contributed by atoms with van der Waals surface area (Å²) in [6, 6.07) is 4.34. The van der Waals surface area contributed by atoms with Crippen LogP contribution >= 0.6 is 0 Å². The molecule has 0 aliphatic carbocycles. The average molecular weight is 201 g/mol. The molecular formula is C13H17Si. The molecule has 3 radical (unpaired) electrons. The standard InChI is InChI=1S/C13H17Si/c1-4-7-10-8-9-13(14)12(6-3)11(10)5-2/h4,8-9H,1,5-7H2,2-3H3. The third-order valence-corrected chi connectivity index (χ3v) is 3.07. The predicted octanol–water partition coefficient (Wildman–Crippen LogP) is 2.33. The molecule has 0 fully saturated rings. The fourth-order valence-corrected chi connectivity index (χ4v) is 2.34. The van der Waals surface area contributed by atoms with Crippen LogP contribution in [0.25, 0.3) is 0 Å². The fourth-order valence-electron chi connectivity index (χ4n) is 1.93. The van der Waals surface area contributed by atoms with E-state index in [1.165, 1.54) is 21.9 Å². The number of rotatable bonds is 4. The Kier molecular flexibility index (Phi) is 4.14. The zero-order chi connectivity index (χ0) is 10.6. The molecule has 1 aromatic carbocycles. The predicted molar refractivity (Wildman–Crippen MR) is 64.5 cm³/mol. The number of hydrogen-bond acceptors (Lipinski definition) is 0. The Balaban J connectivity index is 3.24. The van der Waals surface area contributed by atoms with Crippen molar-refractivity contribution in [1.82, 2.24) is 0 Å². The van der Waals surface area contributed by atoms with Gasteiger partial charge in [0.25, 0.3) is 0 Å². The Hall–Kier alpha value is -0.823. The molecule has 0 aromatic heterocycles. The lowest BCUT2D eigenvalue weighted by atomic mass is 9.95. The van der Waals surface area contributed by atoms with Gasteiger partial charge >= 0.3 is 0 Å². The maximum absolute atomic E-state index is 3.80. The number of allylic oxidation sites excluding steroid dienone is 1. The molecule has 0 saturated heterocycles. The summed E-state index contributed by atoms with van der Waals surface area (Å²) in [6.45, 7) is 8.22. The van der Waals surface area contributed by atoms with Gasteiger partial charge in [-0.1, -0.05) is 37.2 Å². The lowest BCUT2D eigenvalue weighted by molar-refractivity contribution is 1.01. The van der Waals surface area contributed by atoms with Crippen molar-refractivity contribution >= 4 is 15.4 Å². The molecule has 0 aliphatic heterocycles. The van der Waals surface area contributed by atoms with Gasteiger partial charge < -0.3 is 0 Å². The SMILES string of the molecule is C=CCc1ccc([Si])c(CC)c1CC. The van der Waals surface area contributed by atoms with Crippen molar-refractivity contribution in [2.45, 2.75) is 33.1 Å². The Morgan fingerprint density at radius 3 is 2.36 bits per heavy atom. The van der Waals surface area contributed by atoms with Crippen LogP contribution in [0, 0.1) is 0 Å². The van der Waals surface area contributed by atoms with Gasteiger partial charge in [0.2, 0.25) is 0 Å². The monoisotopic (exact) mass is 201 g/mol. The van der Waals surface area contributed by atoms with E-state index in [0.29, 0.717) is 0 Å². The van der Waals surface area contributed by atoms with Crippen LogP contribution in [-0.4, -0.2) is 10.2 Å². The second-order valence-electron chi connectivity index (χ2n) is 3.43. The topological polar surface area (TPSA) is 0 Å². The number of benzene rings is 1. The summed E-state index contributed by atoms with van der Waals surface area (Å²) in [6.07, 6.45) is 5.14. The van der Waals surface area contributed by atoms with Crippen molar-refractivity contribution in [2.75, 3.05) is 0 Å². The molecule has 0 spiro atoms. The van der Waals surface area contributed by atoms with E-state index < -0.39 is 0 Å². The Morgan fingerprint density at radius 2 is 1.86 bits per heavy atom. The minimum absolute atomic E-state index is 0.975. The molecule has 1 aromatic rings. The summed E-state index contributed by atoms with van der Waals surface area (Å²) < 4.78 is 0. The van der Waals surface area contributed by atoms with Crippen molar-refractivity contribution < 1.29 is 0 Å². The molecular weight excluding hydrogens is 184 g/mol. The van der Waals surface area contributed by atoms with Crippen LogP contribution in [0.4, 0.5) is 0 Å². The summed E-state index contributed by atoms with van der Waals surface area (Å²) >= 11 is 0. The van der Waals surface area contributed by atoms with E-state index >= 15 is 0 Å². The molecule has 0 aliphatic rings. The molecule has 0 nitrogen and oxygen atoms in total. The highest BCUT2D eigenvalue weighted by molar-refractivity contribution is 6.33. The molecule has 1 rings (SSSR count). The van der Waals surface area contributed by atoms with Gasteiger partial charge in [0, 0.05) is 0 Å². The molecule has 0 bridgehead atoms. The highest BCUT2D eigenvalue weighted by Gasteiger charge is 2.06. The Labute approximate surface area is 90.5 Å². The molecule has 0 heterocycles. The molecule has 0 N–H and O–H groups in total. The largest absolute Gasteiger partial charge is 0.103 e. The zero-order valence-electron chi connectivity index (χ0n) is 9.06. The van der Waals surface area contributed by atoms with E-state index in [0.717, 1.165) is 19.3 Å². The third kappa shape index (κ3) is 2.15. The molecule has 0 atom stereocenters. The minimum atomic E-state index is 0.975. The Bertz CT molecular complexity index is 326. The first kappa shape index (κ1) is 11.3. The average Bonchev–Trinajstić information content (AvgIpc) is 2.20. The first-order valence-electron chi connectivity index (χ1n) is 5.20. The van der Waals surface area contributed by atoms with Crippen molar-refractivity contribution in [1.29, 1.82) is 0 Å². The first-order valence-corrected chi connectivity index (χ1v) is 5.70. The summed E-state index contributed by atoms with van der Waals surface area (Å²) in [5, 5.41) is 1.23. The van der Waals surface area contributed by atoms with Crippen LogP contribution in [-0.2, 0) is 19.3 Å². The van der Waals surface area contributed by atoms with Gasteiger partial charge in [-0.15, -0.1) is 6.58 Å². The number of hydrogen-bond donors (Lipinski definition) is 0. The summed E-state index contributed by atoms with van der Waals surface area (Å²) in [5.41, 5.74) is 4.35. The first-order chi connectivity index (χ1) is 6.74. The van der Waals surface area contributed by atoms with Crippen LogP contribution in [0.15, 0.2) is 24.8 Å². The van der Waals surface area contributed by atoms with E-state index in [4.69, 9.17) is 0 Å². The van der Waals surface area contributed by atoms with E-state index in [1.54, 1.807) is 0 Å². The maximum Gasteiger partial charge on any atom is 0.0715 e. The van der Waals surface area contributed by atoms with E-state index in [1.807, 2.05) is 6.08 Å². The van der Waals surface area contributed by atoms with Crippen molar-refractivity contribution in [3.8, 4) is 0 Å². The smallest absolute Gasteiger partial charge is 0.0715 e. The molecule has 0 saturated carbocycles. The van der Waals surface area contributed by atoms with Crippen LogP contribution in [0.5, 0.6) is 0 Å². The van der Waals surface area contributed by atoms with Crippen LogP contribution in [0.3, 0.4) is 0 Å². The van der Waals surface area contributed by atoms with Gasteiger partial charge in [0.05, 0.1) is 10.2 Å². The highest BCUT2D eigenvalue weighted by Crippen LogP contribution is 2.15. The van der Waals surface area contributed by atoms with E-state index in [9.17, 15) is 0 Å². The van der Waals surface area contributed by atoms with E-state index in [-0.39, 0.29) is 0 Å². The molecule has 0 amide bonds. The summed E-state index contributed by atoms with van der Waals surface area (Å²) in [4.78, 5) is 0. The van der Waals surface area contributed by atoms with Crippen LogP contribution < -0.4 is 5.19 Å². The minimum Gasteiger partial charge on any atom is -0.103 e. The second-order valence-corrected chi connectivity index (χ2v) is 3.97. The summed E-state index contributed by atoms with van der Waals surface area (Å²) in [5.74, 6) is 0. The van der Waals surface area contributed by atoms with Crippen molar-refractivity contribution in [2.24, 2.45) is 0 Å². The fraction of sp³-hybridized carbons (Fsp3) is 0.385. The molecule has 1 heteroatoms. The van der Waals surface area contributed by atoms with Gasteiger partial charge in [0.1, 0.15) is 0 Å². The van der Waals surface area contributed by atoms with Gasteiger partial charge in [0.15, 0.2) is 0 Å². The van der Waals surface area contributed by atoms with Gasteiger partial charge in [-0.05, 0) is 36.0 Å². The lowest BCUT2D eigenvalue weighted by Crippen LogP contribution is -2.14. The normalized spacial score (nSPS) is 10.2. The quantitative estimate of drug-likeness (QED) is 0.518. The zero-order valence-corrected chi connectivity index (χ0v) is 10.1. The molecule has 14 heavy (non-hydrogen) atoms. The second kappa shape index (κ2) is 5.16. The highest BCUT2D eigenvalue weighted by atomic mass is 28.1. The van der Waals surface area contributed by atoms with Crippen LogP contribution in [0.2, 0.25) is 0 Å². The van der Waals surface area contributed by atoms with E-state index in [2.05, 4.69) is 42.8 Å². The molecule has 73 valence electrons. The van der Waals surface area contributed by atoms with Crippen molar-refractivity contribution in [3.05, 3.63) is 41.5 Å². The van der Waals surface area contributed by atoms with Gasteiger partial charge in [-0.2, -0.15) is 0 Å². The summed E-state index contributed by atoms with van der Waals surface area (Å²) in [7, 11) is 3.66. The van der Waals surface area contributed by atoms with Gasteiger partial charge in [-0.3, -0.25) is 0 Å². The third-order valence-electron chi connectivity index (χ3n) is 2.60. The molecule has 0 unspecified atom stereocenters. The van der Waals surface area contributed by atoms with Gasteiger partial charge in [-0.25, -0.2) is 0 Å².